The lowest BCUT2D eigenvalue weighted by atomic mass is 9.72. The Balaban J connectivity index is 0.985. The van der Waals surface area contributed by atoms with Gasteiger partial charge in [-0.15, -0.1) is 0 Å². The van der Waals surface area contributed by atoms with Crippen molar-refractivity contribution in [3.8, 4) is 5.69 Å². The first-order valence-electron chi connectivity index (χ1n) is 22.5. The lowest BCUT2D eigenvalue weighted by molar-refractivity contribution is -0.384. The molecule has 3 aliphatic rings. The highest BCUT2D eigenvalue weighted by molar-refractivity contribution is 7.90. The van der Waals surface area contributed by atoms with Gasteiger partial charge in [-0.05, 0) is 129 Å². The van der Waals surface area contributed by atoms with Crippen molar-refractivity contribution in [2.75, 3.05) is 69.6 Å². The molecule has 2 aliphatic heterocycles. The van der Waals surface area contributed by atoms with Crippen molar-refractivity contribution in [3.05, 3.63) is 117 Å². The summed E-state index contributed by atoms with van der Waals surface area (Å²) in [6, 6.07) is 20.7. The predicted octanol–water partition coefficient (Wildman–Crippen LogP) is 7.54. The number of nitro benzene ring substituents is 1. The summed E-state index contributed by atoms with van der Waals surface area (Å²) in [6.07, 6.45) is 8.36. The van der Waals surface area contributed by atoms with Gasteiger partial charge in [-0.25, -0.2) is 22.8 Å². The number of hydrogen-bond acceptors (Lipinski definition) is 12. The monoisotopic (exact) mass is 934 g/mol. The molecule has 0 saturated carbocycles. The van der Waals surface area contributed by atoms with Crippen molar-refractivity contribution in [1.82, 2.24) is 33.9 Å². The number of rotatable bonds is 13. The number of benzene rings is 3. The number of fused-ring (bicyclic) bond motifs is 2. The van der Waals surface area contributed by atoms with Gasteiger partial charge in [0.2, 0.25) is 0 Å². The van der Waals surface area contributed by atoms with Crippen LogP contribution in [0.25, 0.3) is 33.3 Å². The number of sulfonamides is 1. The maximum atomic E-state index is 14.3. The highest BCUT2D eigenvalue weighted by Crippen LogP contribution is 2.43. The summed E-state index contributed by atoms with van der Waals surface area (Å²) < 4.78 is 33.2. The highest BCUT2D eigenvalue weighted by Gasteiger charge is 2.31. The van der Waals surface area contributed by atoms with E-state index in [1.165, 1.54) is 28.8 Å². The molecule has 9 rings (SSSR count). The van der Waals surface area contributed by atoms with Crippen LogP contribution in [0, 0.1) is 21.4 Å². The van der Waals surface area contributed by atoms with Crippen LogP contribution in [-0.2, 0) is 16.8 Å². The number of aromatic nitrogens is 4. The number of halogens is 1. The van der Waals surface area contributed by atoms with Crippen molar-refractivity contribution in [3.63, 3.8) is 0 Å². The van der Waals surface area contributed by atoms with Crippen LogP contribution in [0.3, 0.4) is 0 Å². The summed E-state index contributed by atoms with van der Waals surface area (Å²) >= 11 is 6.26. The maximum Gasteiger partial charge on any atom is 0.293 e. The van der Waals surface area contributed by atoms with Crippen LogP contribution in [-0.4, -0.2) is 113 Å². The summed E-state index contributed by atoms with van der Waals surface area (Å²) in [5, 5.41) is 31.4. The number of carbonyl (C=O) groups is 1. The van der Waals surface area contributed by atoms with Gasteiger partial charge in [-0.2, -0.15) is 5.10 Å². The van der Waals surface area contributed by atoms with E-state index in [-0.39, 0.29) is 23.4 Å². The number of likely N-dealkylation sites (tertiary alicyclic amines) is 1. The Kier molecular flexibility index (Phi) is 12.7. The Hall–Kier alpha value is -5.85. The molecule has 6 aromatic rings. The molecule has 1 amide bonds. The second kappa shape index (κ2) is 18.4. The maximum absolute atomic E-state index is 14.3. The molecular formula is C48H55ClN10O6S. The zero-order chi connectivity index (χ0) is 46.3. The Morgan fingerprint density at radius 3 is 2.47 bits per heavy atom. The minimum Gasteiger partial charge on any atom is -0.379 e. The molecule has 3 aromatic heterocycles. The summed E-state index contributed by atoms with van der Waals surface area (Å²) in [5.41, 5.74) is 6.92. The number of allylic oxidation sites excluding steroid dienone is 1. The summed E-state index contributed by atoms with van der Waals surface area (Å²) in [4.78, 5) is 37.2. The van der Waals surface area contributed by atoms with Crippen molar-refractivity contribution >= 4 is 72.2 Å². The standard InChI is InChI=1S/C48H55ClN10O6S/c1-48(2)16-12-35(40(27-48)33-4-6-36(49)7-5-33)30-55-20-22-56(23-21-55)37-8-10-39(43(25-37)58-44-24-34-15-19-57(31-60)46(34)52-42(44)29-51-58)47(61)53-66(64,65)38-9-11-41(45(26-38)59(62)63)50-28-32-13-17-54(3)18-14-32/h4-11,15,19,24-26,29,32,50,60H,12-14,16-18,20-23,27-28,30-31H2,1-3H3,(H,53,61). The van der Waals surface area contributed by atoms with Crippen LogP contribution in [0.5, 0.6) is 0 Å². The van der Waals surface area contributed by atoms with Gasteiger partial charge in [0.05, 0.1) is 32.8 Å². The molecule has 0 atom stereocenters. The predicted molar refractivity (Wildman–Crippen MR) is 258 cm³/mol. The quantitative estimate of drug-likeness (QED) is 0.0765. The number of nitrogens with one attached hydrogen (secondary N) is 2. The van der Waals surface area contributed by atoms with Gasteiger partial charge in [0.15, 0.2) is 0 Å². The Bertz CT molecular complexity index is 2950. The molecule has 3 aromatic carbocycles. The van der Waals surface area contributed by atoms with Gasteiger partial charge < -0.3 is 24.8 Å². The first kappa shape index (κ1) is 45.3. The molecule has 0 radical (unpaired) electrons. The highest BCUT2D eigenvalue weighted by atomic mass is 35.5. The fraction of sp³-hybridized carbons (Fsp3) is 0.396. The van der Waals surface area contributed by atoms with E-state index in [2.05, 4.69) is 62.9 Å². The number of anilines is 2. The fourth-order valence-corrected chi connectivity index (χ4v) is 10.7. The Labute approximate surface area is 389 Å². The topological polar surface area (TPSA) is 184 Å². The number of carbonyl (C=O) groups excluding carboxylic acids is 1. The third-order valence-corrected chi connectivity index (χ3v) is 15.1. The smallest absolute Gasteiger partial charge is 0.293 e. The van der Waals surface area contributed by atoms with E-state index in [1.807, 2.05) is 36.4 Å². The van der Waals surface area contributed by atoms with Gasteiger partial charge in [0.25, 0.3) is 21.6 Å². The van der Waals surface area contributed by atoms with Crippen molar-refractivity contribution in [2.45, 2.75) is 57.6 Å². The lowest BCUT2D eigenvalue weighted by Gasteiger charge is -2.39. The molecule has 346 valence electrons. The van der Waals surface area contributed by atoms with E-state index in [0.29, 0.717) is 47.9 Å². The second-order valence-corrected chi connectivity index (χ2v) is 20.8. The van der Waals surface area contributed by atoms with Crippen molar-refractivity contribution in [2.24, 2.45) is 11.3 Å². The number of aliphatic hydroxyl groups is 1. The number of aliphatic hydroxyl groups excluding tert-OH is 1. The molecule has 66 heavy (non-hydrogen) atoms. The van der Waals surface area contributed by atoms with Gasteiger partial charge >= 0.3 is 0 Å². The van der Waals surface area contributed by atoms with E-state index < -0.39 is 31.4 Å². The van der Waals surface area contributed by atoms with E-state index in [9.17, 15) is 28.4 Å². The van der Waals surface area contributed by atoms with Gasteiger partial charge in [-0.3, -0.25) is 19.8 Å². The fourth-order valence-electron chi connectivity index (χ4n) is 9.58. The van der Waals surface area contributed by atoms with Crippen molar-refractivity contribution < 1.29 is 23.2 Å². The molecule has 18 heteroatoms. The number of nitrogens with zero attached hydrogens (tertiary/aromatic N) is 8. The average Bonchev–Trinajstić information content (AvgIpc) is 3.91. The number of amides is 1. The number of pyridine rings is 1. The van der Waals surface area contributed by atoms with Gasteiger partial charge in [-0.1, -0.05) is 43.2 Å². The third kappa shape index (κ3) is 9.53. The van der Waals surface area contributed by atoms with Gasteiger partial charge in [0, 0.05) is 67.6 Å². The van der Waals surface area contributed by atoms with Crippen LogP contribution in [0.1, 0.15) is 61.9 Å². The molecule has 0 spiro atoms. The second-order valence-electron chi connectivity index (χ2n) is 18.7. The average molecular weight is 936 g/mol. The first-order chi connectivity index (χ1) is 31.6. The van der Waals surface area contributed by atoms with E-state index in [0.717, 1.165) is 87.0 Å². The van der Waals surface area contributed by atoms with E-state index >= 15 is 0 Å². The van der Waals surface area contributed by atoms with Crippen LogP contribution in [0.4, 0.5) is 17.1 Å². The number of nitro groups is 1. The minimum atomic E-state index is -4.59. The molecule has 2 fully saturated rings. The molecule has 3 N–H and O–H groups in total. The van der Waals surface area contributed by atoms with E-state index in [1.54, 1.807) is 27.7 Å². The number of piperazine rings is 1. The molecule has 2 saturated heterocycles. The summed E-state index contributed by atoms with van der Waals surface area (Å²) in [7, 11) is -2.53. The van der Waals surface area contributed by atoms with Crippen LogP contribution < -0.4 is 14.9 Å². The largest absolute Gasteiger partial charge is 0.379 e. The van der Waals surface area contributed by atoms with Crippen LogP contribution in [0.15, 0.2) is 95.7 Å². The van der Waals surface area contributed by atoms with Crippen LogP contribution in [0.2, 0.25) is 5.02 Å². The molecule has 0 unspecified atom stereocenters. The summed E-state index contributed by atoms with van der Waals surface area (Å²) in [6.45, 7) is 10.7. The summed E-state index contributed by atoms with van der Waals surface area (Å²) in [5.74, 6) is -0.603. The zero-order valence-corrected chi connectivity index (χ0v) is 39.0. The third-order valence-electron chi connectivity index (χ3n) is 13.5. The Morgan fingerprint density at radius 1 is 0.985 bits per heavy atom. The van der Waals surface area contributed by atoms with Gasteiger partial charge in [0.1, 0.15) is 23.6 Å². The minimum absolute atomic E-state index is 0.0202. The number of piperidine rings is 1. The zero-order valence-electron chi connectivity index (χ0n) is 37.4. The molecule has 1 aliphatic carbocycles. The molecular weight excluding hydrogens is 880 g/mol. The molecule has 16 nitrogen and oxygen atoms in total. The molecule has 0 bridgehead atoms. The lowest BCUT2D eigenvalue weighted by Crippen LogP contribution is -2.47. The SMILES string of the molecule is CN1CCC(CNc2ccc(S(=O)(=O)NC(=O)c3ccc(N4CCN(CC5=C(c6ccc(Cl)cc6)CC(C)(C)CC5)CC4)cc3-n3ncc4nc5c(ccn5CO)cc43)cc2[N+](=O)[O-])CC1. The normalized spacial score (nSPS) is 17.7. The first-order valence-corrected chi connectivity index (χ1v) is 24.3. The number of hydrogen-bond donors (Lipinski definition) is 3. The molecule has 5 heterocycles. The Morgan fingerprint density at radius 2 is 1.74 bits per heavy atom. The van der Waals surface area contributed by atoms with Crippen LogP contribution >= 0.6 is 11.6 Å². The van der Waals surface area contributed by atoms with Crippen molar-refractivity contribution in [1.29, 1.82) is 0 Å². The van der Waals surface area contributed by atoms with E-state index in [4.69, 9.17) is 16.6 Å².